The van der Waals surface area contributed by atoms with E-state index in [1.165, 1.54) is 22.3 Å². The van der Waals surface area contributed by atoms with Gasteiger partial charge >= 0.3 is 0 Å². The second-order valence-corrected chi connectivity index (χ2v) is 23.2. The summed E-state index contributed by atoms with van der Waals surface area (Å²) < 4.78 is 0. The molecular formula is C63H58N6. The van der Waals surface area contributed by atoms with Crippen LogP contribution in [-0.4, -0.2) is 19.9 Å². The lowest BCUT2D eigenvalue weighted by atomic mass is 9.80. The molecule has 0 aliphatic carbocycles. The van der Waals surface area contributed by atoms with Gasteiger partial charge in [0.1, 0.15) is 0 Å². The van der Waals surface area contributed by atoms with E-state index in [1.807, 2.05) is 24.3 Å². The molecule has 0 N–H and O–H groups in total. The molecule has 0 atom stereocenters. The lowest BCUT2D eigenvalue weighted by Crippen LogP contribution is -2.14. The van der Waals surface area contributed by atoms with Gasteiger partial charge in [-0.1, -0.05) is 132 Å². The molecule has 0 unspecified atom stereocenters. The van der Waals surface area contributed by atoms with Gasteiger partial charge in [0.05, 0.1) is 55.8 Å². The maximum Gasteiger partial charge on any atom is 0.0999 e. The Kier molecular flexibility index (Phi) is 9.74. The summed E-state index contributed by atoms with van der Waals surface area (Å²) in [6, 6.07) is 50.3. The Morgan fingerprint density at radius 1 is 0.377 bits per heavy atom. The monoisotopic (exact) mass is 898 g/mol. The number of benzene rings is 9. The molecule has 69 heavy (non-hydrogen) atoms. The lowest BCUT2D eigenvalue weighted by Gasteiger charge is -2.28. The maximum atomic E-state index is 10.8. The number of rotatable bonds is 4. The minimum atomic E-state index is -0.167. The Hall–Kier alpha value is -7.49. The molecule has 0 fully saturated rings. The summed E-state index contributed by atoms with van der Waals surface area (Å²) in [5.41, 5.74) is 16.8. The standard InChI is InChI=1S/C63H58N6/c1-60(2,3)38-19-25-43(26-20-38)69(44-27-21-39(22-28-44)61(4,5)6)42-23-17-36(18-24-42)45-34-53-52(29-37(45)35-64)67-58-48-32-40(62(7,8)9)30-46-54(48)55-47(31-41(63(10,11)12)33-49(55)59(58)68-53)57-56(46)65-50-15-13-14-16-51(50)66-57/h13-34H,1-12H3. The van der Waals surface area contributed by atoms with E-state index >= 15 is 0 Å². The van der Waals surface area contributed by atoms with Crippen LogP contribution in [0.1, 0.15) is 111 Å². The zero-order valence-corrected chi connectivity index (χ0v) is 41.9. The maximum absolute atomic E-state index is 10.8. The van der Waals surface area contributed by atoms with Gasteiger partial charge in [-0.2, -0.15) is 5.26 Å². The normalized spacial score (nSPS) is 12.9. The third-order valence-corrected chi connectivity index (χ3v) is 14.2. The molecule has 2 heterocycles. The Balaban J connectivity index is 1.13. The molecule has 340 valence electrons. The van der Waals surface area contributed by atoms with Gasteiger partial charge in [0.15, 0.2) is 0 Å². The Morgan fingerprint density at radius 3 is 1.06 bits per heavy atom. The second kappa shape index (κ2) is 15.3. The highest BCUT2D eigenvalue weighted by Gasteiger charge is 2.27. The summed E-state index contributed by atoms with van der Waals surface area (Å²) in [5.74, 6) is 0. The molecule has 6 heteroatoms. The predicted octanol–water partition coefficient (Wildman–Crippen LogP) is 17.0. The molecule has 6 nitrogen and oxygen atoms in total. The van der Waals surface area contributed by atoms with Gasteiger partial charge in [-0.15, -0.1) is 0 Å². The molecule has 0 spiro atoms. The van der Waals surface area contributed by atoms with Crippen molar-refractivity contribution >= 4 is 93.5 Å². The Bertz CT molecular complexity index is 3850. The summed E-state index contributed by atoms with van der Waals surface area (Å²) >= 11 is 0. The number of aromatic nitrogens is 4. The molecule has 0 amide bonds. The number of fused-ring (bicyclic) bond motifs is 8. The van der Waals surface area contributed by atoms with Gasteiger partial charge in [-0.3, -0.25) is 0 Å². The number of hydrogen-bond acceptors (Lipinski definition) is 6. The molecule has 0 bridgehead atoms. The summed E-state index contributed by atoms with van der Waals surface area (Å²) in [7, 11) is 0. The smallest absolute Gasteiger partial charge is 0.0999 e. The minimum absolute atomic E-state index is 0.0398. The molecule has 2 aromatic heterocycles. The van der Waals surface area contributed by atoms with E-state index in [4.69, 9.17) is 19.9 Å². The van der Waals surface area contributed by atoms with E-state index in [1.54, 1.807) is 0 Å². The number of para-hydroxylation sites is 2. The van der Waals surface area contributed by atoms with E-state index in [-0.39, 0.29) is 21.7 Å². The van der Waals surface area contributed by atoms with Crippen LogP contribution in [0.2, 0.25) is 0 Å². The van der Waals surface area contributed by atoms with Crippen LogP contribution in [0.15, 0.2) is 133 Å². The largest absolute Gasteiger partial charge is 0.311 e. The van der Waals surface area contributed by atoms with Crippen LogP contribution in [0.25, 0.3) is 87.6 Å². The SMILES string of the molecule is CC(C)(C)c1ccc(N(c2ccc(-c3cc4nc5c6cc(C(C)(C)C)cc7c8nc9ccccc9nc8c8cc(C(C)(C)C)cc(c5nc4cc3C#N)c8c76)cc2)c2ccc(C(C)(C)C)cc2)cc1. The van der Waals surface area contributed by atoms with Gasteiger partial charge in [0.2, 0.25) is 0 Å². The van der Waals surface area contributed by atoms with Crippen LogP contribution >= 0.6 is 0 Å². The van der Waals surface area contributed by atoms with Crippen LogP contribution in [0.5, 0.6) is 0 Å². The molecule has 0 saturated carbocycles. The van der Waals surface area contributed by atoms with Crippen molar-refractivity contribution in [1.82, 2.24) is 19.9 Å². The summed E-state index contributed by atoms with van der Waals surface area (Å²) in [5, 5.41) is 17.3. The van der Waals surface area contributed by atoms with Crippen molar-refractivity contribution in [3.63, 3.8) is 0 Å². The highest BCUT2D eigenvalue weighted by atomic mass is 15.1. The summed E-state index contributed by atoms with van der Waals surface area (Å²) in [4.78, 5) is 24.1. The number of nitriles is 1. The van der Waals surface area contributed by atoms with Crippen molar-refractivity contribution in [2.24, 2.45) is 0 Å². The van der Waals surface area contributed by atoms with Crippen LogP contribution in [0.4, 0.5) is 17.1 Å². The number of hydrogen-bond donors (Lipinski definition) is 0. The highest BCUT2D eigenvalue weighted by Crippen LogP contribution is 2.48. The fourth-order valence-electron chi connectivity index (χ4n) is 10.1. The first-order chi connectivity index (χ1) is 32.7. The van der Waals surface area contributed by atoms with E-state index in [0.717, 1.165) is 99.1 Å². The molecule has 9 aromatic carbocycles. The molecule has 0 aliphatic heterocycles. The average Bonchev–Trinajstić information content (AvgIpc) is 3.31. The molecule has 0 aliphatic rings. The molecule has 11 rings (SSSR count). The van der Waals surface area contributed by atoms with E-state index < -0.39 is 0 Å². The first kappa shape index (κ1) is 44.0. The molecule has 11 aromatic rings. The fourth-order valence-corrected chi connectivity index (χ4v) is 10.1. The highest BCUT2D eigenvalue weighted by molar-refractivity contribution is 6.39. The van der Waals surface area contributed by atoms with Gasteiger partial charge in [0.25, 0.3) is 0 Å². The van der Waals surface area contributed by atoms with Crippen LogP contribution < -0.4 is 4.90 Å². The van der Waals surface area contributed by atoms with E-state index in [9.17, 15) is 5.26 Å². The predicted molar refractivity (Wildman–Crippen MR) is 291 cm³/mol. The van der Waals surface area contributed by atoms with Crippen molar-refractivity contribution in [1.29, 1.82) is 5.26 Å². The van der Waals surface area contributed by atoms with Gasteiger partial charge < -0.3 is 4.90 Å². The van der Waals surface area contributed by atoms with Gasteiger partial charge in [-0.05, 0) is 134 Å². The Morgan fingerprint density at radius 2 is 0.710 bits per heavy atom. The first-order valence-corrected chi connectivity index (χ1v) is 24.2. The second-order valence-electron chi connectivity index (χ2n) is 23.2. The van der Waals surface area contributed by atoms with Crippen molar-refractivity contribution in [2.75, 3.05) is 4.90 Å². The zero-order chi connectivity index (χ0) is 48.5. The third kappa shape index (κ3) is 7.38. The van der Waals surface area contributed by atoms with Crippen molar-refractivity contribution in [3.8, 4) is 17.2 Å². The topological polar surface area (TPSA) is 78.6 Å². The van der Waals surface area contributed by atoms with E-state index in [2.05, 4.69) is 203 Å². The average molecular weight is 899 g/mol. The summed E-state index contributed by atoms with van der Waals surface area (Å²) in [6.07, 6.45) is 0. The fraction of sp³-hybridized carbons (Fsp3) is 0.254. The molecule has 0 radical (unpaired) electrons. The van der Waals surface area contributed by atoms with Crippen LogP contribution in [0, 0.1) is 11.3 Å². The zero-order valence-electron chi connectivity index (χ0n) is 41.9. The lowest BCUT2D eigenvalue weighted by molar-refractivity contribution is 0.590. The first-order valence-electron chi connectivity index (χ1n) is 24.2. The van der Waals surface area contributed by atoms with Crippen molar-refractivity contribution in [3.05, 3.63) is 161 Å². The van der Waals surface area contributed by atoms with Crippen LogP contribution in [-0.2, 0) is 21.7 Å². The third-order valence-electron chi connectivity index (χ3n) is 14.2. The Labute approximate surface area is 405 Å². The van der Waals surface area contributed by atoms with Crippen molar-refractivity contribution < 1.29 is 0 Å². The van der Waals surface area contributed by atoms with Gasteiger partial charge in [0, 0.05) is 54.9 Å². The minimum Gasteiger partial charge on any atom is -0.311 e. The van der Waals surface area contributed by atoms with Crippen LogP contribution in [0.3, 0.4) is 0 Å². The summed E-state index contributed by atoms with van der Waals surface area (Å²) in [6.45, 7) is 27.0. The van der Waals surface area contributed by atoms with Gasteiger partial charge in [-0.25, -0.2) is 19.9 Å². The molecular weight excluding hydrogens is 841 g/mol. The number of anilines is 3. The quantitative estimate of drug-likeness (QED) is 0.129. The molecule has 0 saturated heterocycles. The van der Waals surface area contributed by atoms with Crippen molar-refractivity contribution in [2.45, 2.75) is 105 Å². The number of nitrogens with zero attached hydrogens (tertiary/aromatic N) is 6. The van der Waals surface area contributed by atoms with E-state index in [0.29, 0.717) is 11.1 Å².